The van der Waals surface area contributed by atoms with Crippen LogP contribution in [0, 0.1) is 0 Å². The highest BCUT2D eigenvalue weighted by molar-refractivity contribution is 5.78. The number of pyridine rings is 1. The van der Waals surface area contributed by atoms with Gasteiger partial charge in [0.05, 0.1) is 0 Å². The minimum absolute atomic E-state index is 0.136. The molecule has 4 rings (SSSR count). The van der Waals surface area contributed by atoms with Crippen LogP contribution in [0.5, 0.6) is 0 Å². The molecule has 1 N–H and O–H groups in total. The maximum atomic E-state index is 11.5. The fourth-order valence-electron chi connectivity index (χ4n) is 3.29. The van der Waals surface area contributed by atoms with E-state index in [4.69, 9.17) is 4.63 Å². The van der Waals surface area contributed by atoms with Crippen LogP contribution >= 0.6 is 0 Å². The Morgan fingerprint density at radius 1 is 1.16 bits per heavy atom. The fourth-order valence-corrected chi connectivity index (χ4v) is 3.29. The van der Waals surface area contributed by atoms with Crippen LogP contribution in [-0.4, -0.2) is 38.7 Å². The van der Waals surface area contributed by atoms with Gasteiger partial charge in [0.25, 0.3) is 0 Å². The highest BCUT2D eigenvalue weighted by Crippen LogP contribution is 2.19. The number of carbonyl (C=O) groups is 1. The first kappa shape index (κ1) is 15.7. The summed E-state index contributed by atoms with van der Waals surface area (Å²) in [6.45, 7) is 2.27. The van der Waals surface area contributed by atoms with Crippen molar-refractivity contribution in [1.29, 1.82) is 0 Å². The molecule has 0 saturated carbocycles. The monoisotopic (exact) mass is 337 g/mol. The number of rotatable bonds is 6. The smallest absolute Gasteiger partial charge is 0.220 e. The quantitative estimate of drug-likeness (QED) is 0.739. The van der Waals surface area contributed by atoms with Crippen molar-refractivity contribution in [3.8, 4) is 0 Å². The van der Waals surface area contributed by atoms with Crippen LogP contribution in [-0.2, 0) is 17.9 Å². The standard InChI is InChI=1S/C18H19N5O2/c24-17-5-4-15(20-17)12-23(10-13-6-8-19-9-7-13)11-14-2-1-3-16-18(14)22-25-21-16/h1-3,6-9,15H,4-5,10-12H2,(H,20,24)/t15-/m0/s1. The third-order valence-electron chi connectivity index (χ3n) is 4.48. The van der Waals surface area contributed by atoms with Gasteiger partial charge in [-0.15, -0.1) is 0 Å². The number of benzene rings is 1. The van der Waals surface area contributed by atoms with Gasteiger partial charge in [-0.3, -0.25) is 14.7 Å². The van der Waals surface area contributed by atoms with E-state index in [1.165, 1.54) is 5.56 Å². The highest BCUT2D eigenvalue weighted by atomic mass is 16.6. The lowest BCUT2D eigenvalue weighted by Gasteiger charge is -2.25. The van der Waals surface area contributed by atoms with Gasteiger partial charge in [-0.05, 0) is 46.1 Å². The number of nitrogens with zero attached hydrogens (tertiary/aromatic N) is 4. The lowest BCUT2D eigenvalue weighted by Crippen LogP contribution is -2.38. The van der Waals surface area contributed by atoms with E-state index in [1.807, 2.05) is 30.3 Å². The minimum atomic E-state index is 0.136. The molecule has 25 heavy (non-hydrogen) atoms. The van der Waals surface area contributed by atoms with Crippen LogP contribution in [0.4, 0.5) is 0 Å². The molecule has 3 heterocycles. The molecule has 128 valence electrons. The van der Waals surface area contributed by atoms with E-state index in [0.717, 1.165) is 36.1 Å². The van der Waals surface area contributed by atoms with E-state index in [2.05, 4.69) is 25.5 Å². The van der Waals surface area contributed by atoms with Gasteiger partial charge in [-0.1, -0.05) is 12.1 Å². The van der Waals surface area contributed by atoms with Gasteiger partial charge >= 0.3 is 0 Å². The molecule has 0 aliphatic carbocycles. The summed E-state index contributed by atoms with van der Waals surface area (Å²) in [5.74, 6) is 0.136. The largest absolute Gasteiger partial charge is 0.352 e. The number of carbonyl (C=O) groups excluding carboxylic acids is 1. The molecule has 0 spiro atoms. The number of aromatic nitrogens is 3. The van der Waals surface area contributed by atoms with E-state index >= 15 is 0 Å². The number of hydrogen-bond donors (Lipinski definition) is 1. The molecule has 0 bridgehead atoms. The van der Waals surface area contributed by atoms with Gasteiger partial charge in [-0.25, -0.2) is 4.63 Å². The van der Waals surface area contributed by atoms with Crippen LogP contribution in [0.3, 0.4) is 0 Å². The Hall–Kier alpha value is -2.80. The number of fused-ring (bicyclic) bond motifs is 1. The van der Waals surface area contributed by atoms with Gasteiger partial charge in [-0.2, -0.15) is 0 Å². The summed E-state index contributed by atoms with van der Waals surface area (Å²) in [5, 5.41) is 11.0. The number of hydrogen-bond acceptors (Lipinski definition) is 6. The Kier molecular flexibility index (Phi) is 4.39. The molecular weight excluding hydrogens is 318 g/mol. The molecule has 1 amide bonds. The molecule has 1 atom stereocenters. The van der Waals surface area contributed by atoms with Gasteiger partial charge in [0.1, 0.15) is 11.0 Å². The summed E-state index contributed by atoms with van der Waals surface area (Å²) < 4.78 is 4.87. The Labute approximate surface area is 145 Å². The van der Waals surface area contributed by atoms with Crippen LogP contribution in [0.1, 0.15) is 24.0 Å². The first-order valence-corrected chi connectivity index (χ1v) is 8.39. The van der Waals surface area contributed by atoms with Crippen molar-refractivity contribution in [1.82, 2.24) is 25.5 Å². The molecule has 7 nitrogen and oxygen atoms in total. The summed E-state index contributed by atoms with van der Waals surface area (Å²) in [6.07, 6.45) is 5.08. The van der Waals surface area contributed by atoms with Crippen molar-refractivity contribution >= 4 is 16.9 Å². The zero-order valence-electron chi connectivity index (χ0n) is 13.8. The van der Waals surface area contributed by atoms with Crippen molar-refractivity contribution in [2.45, 2.75) is 32.0 Å². The molecule has 3 aromatic rings. The number of amides is 1. The predicted molar refractivity (Wildman–Crippen MR) is 91.3 cm³/mol. The van der Waals surface area contributed by atoms with E-state index in [9.17, 15) is 4.79 Å². The second-order valence-electron chi connectivity index (χ2n) is 6.38. The summed E-state index contributed by atoms with van der Waals surface area (Å²) in [7, 11) is 0. The Morgan fingerprint density at radius 3 is 2.84 bits per heavy atom. The second-order valence-corrected chi connectivity index (χ2v) is 6.38. The molecule has 7 heteroatoms. The molecule has 1 aliphatic rings. The summed E-state index contributed by atoms with van der Waals surface area (Å²) in [6, 6.07) is 10.1. The van der Waals surface area contributed by atoms with E-state index in [1.54, 1.807) is 12.4 Å². The van der Waals surface area contributed by atoms with Gasteiger partial charge < -0.3 is 5.32 Å². The first-order chi connectivity index (χ1) is 12.3. The van der Waals surface area contributed by atoms with Crippen molar-refractivity contribution in [2.24, 2.45) is 0 Å². The predicted octanol–water partition coefficient (Wildman–Crippen LogP) is 1.90. The lowest BCUT2D eigenvalue weighted by atomic mass is 10.1. The van der Waals surface area contributed by atoms with E-state index in [0.29, 0.717) is 13.0 Å². The van der Waals surface area contributed by atoms with Gasteiger partial charge in [0.15, 0.2) is 0 Å². The molecule has 2 aromatic heterocycles. The third kappa shape index (κ3) is 3.66. The molecular formula is C18H19N5O2. The van der Waals surface area contributed by atoms with Crippen molar-refractivity contribution in [3.05, 3.63) is 53.9 Å². The lowest BCUT2D eigenvalue weighted by molar-refractivity contribution is -0.119. The SMILES string of the molecule is O=C1CC[C@@H](CN(Cc2ccncc2)Cc2cccc3nonc23)N1. The molecule has 1 aliphatic heterocycles. The highest BCUT2D eigenvalue weighted by Gasteiger charge is 2.23. The van der Waals surface area contributed by atoms with Crippen molar-refractivity contribution in [3.63, 3.8) is 0 Å². The second kappa shape index (κ2) is 6.98. The zero-order valence-corrected chi connectivity index (χ0v) is 13.8. The third-order valence-corrected chi connectivity index (χ3v) is 4.48. The molecule has 1 fully saturated rings. The van der Waals surface area contributed by atoms with Crippen LogP contribution in [0.25, 0.3) is 11.0 Å². The summed E-state index contributed by atoms with van der Waals surface area (Å²) in [5.41, 5.74) is 3.80. The summed E-state index contributed by atoms with van der Waals surface area (Å²) >= 11 is 0. The van der Waals surface area contributed by atoms with Crippen molar-refractivity contribution < 1.29 is 9.42 Å². The van der Waals surface area contributed by atoms with E-state index in [-0.39, 0.29) is 11.9 Å². The average Bonchev–Trinajstić information content (AvgIpc) is 3.25. The molecule has 0 unspecified atom stereocenters. The molecule has 1 saturated heterocycles. The van der Waals surface area contributed by atoms with Crippen LogP contribution < -0.4 is 5.32 Å². The molecule has 1 aromatic carbocycles. The van der Waals surface area contributed by atoms with Crippen LogP contribution in [0.2, 0.25) is 0 Å². The zero-order chi connectivity index (χ0) is 17.1. The maximum Gasteiger partial charge on any atom is 0.220 e. The van der Waals surface area contributed by atoms with Gasteiger partial charge in [0, 0.05) is 44.5 Å². The normalized spacial score (nSPS) is 17.3. The number of nitrogens with one attached hydrogen (secondary N) is 1. The van der Waals surface area contributed by atoms with Crippen molar-refractivity contribution in [2.75, 3.05) is 6.54 Å². The Morgan fingerprint density at radius 2 is 2.04 bits per heavy atom. The van der Waals surface area contributed by atoms with E-state index < -0.39 is 0 Å². The Bertz CT molecular complexity index is 864. The fraction of sp³-hybridized carbons (Fsp3) is 0.333. The molecule has 0 radical (unpaired) electrons. The Balaban J connectivity index is 1.55. The summed E-state index contributed by atoms with van der Waals surface area (Å²) in [4.78, 5) is 17.9. The van der Waals surface area contributed by atoms with Gasteiger partial charge in [0.2, 0.25) is 5.91 Å². The topological polar surface area (TPSA) is 84.2 Å². The van der Waals surface area contributed by atoms with Crippen LogP contribution in [0.15, 0.2) is 47.4 Å². The average molecular weight is 337 g/mol. The maximum absolute atomic E-state index is 11.5. The minimum Gasteiger partial charge on any atom is -0.352 e. The first-order valence-electron chi connectivity index (χ1n) is 8.39.